The van der Waals surface area contributed by atoms with Gasteiger partial charge >= 0.3 is 0 Å². The molecule has 4 rings (SSSR count). The van der Waals surface area contributed by atoms with Crippen molar-refractivity contribution < 1.29 is 14.3 Å². The average molecular weight is 349 g/mol. The van der Waals surface area contributed by atoms with Gasteiger partial charge in [0.2, 0.25) is 0 Å². The number of carbonyl (C=O) groups is 1. The topological polar surface area (TPSA) is 75.8 Å². The lowest BCUT2D eigenvalue weighted by atomic mass is 10.1. The second-order valence-electron chi connectivity index (χ2n) is 6.21. The van der Waals surface area contributed by atoms with Gasteiger partial charge in [-0.2, -0.15) is 0 Å². The lowest BCUT2D eigenvalue weighted by Crippen LogP contribution is -2.33. The van der Waals surface area contributed by atoms with Gasteiger partial charge in [-0.1, -0.05) is 30.3 Å². The number of hydrogen-bond acceptors (Lipinski definition) is 5. The number of aromatic nitrogens is 1. The highest BCUT2D eigenvalue weighted by atomic mass is 16.6. The monoisotopic (exact) mass is 349 g/mol. The summed E-state index contributed by atoms with van der Waals surface area (Å²) in [5.41, 5.74) is 8.47. The van der Waals surface area contributed by atoms with Gasteiger partial charge in [0.05, 0.1) is 12.6 Å². The number of nitrogens with zero attached hydrogens (tertiary/aromatic N) is 1. The van der Waals surface area contributed by atoms with Crippen molar-refractivity contribution in [2.75, 3.05) is 12.5 Å². The van der Waals surface area contributed by atoms with Crippen molar-refractivity contribution in [2.24, 2.45) is 0 Å². The number of hydrazine groups is 1. The van der Waals surface area contributed by atoms with Crippen molar-refractivity contribution >= 4 is 22.6 Å². The van der Waals surface area contributed by atoms with E-state index in [2.05, 4.69) is 15.8 Å². The van der Waals surface area contributed by atoms with Gasteiger partial charge in [0.15, 0.2) is 6.10 Å². The fourth-order valence-electron chi connectivity index (χ4n) is 2.97. The minimum absolute atomic E-state index is 0.224. The number of nitrogens with one attached hydrogen (secondary N) is 2. The van der Waals surface area contributed by atoms with Crippen molar-refractivity contribution in [1.82, 2.24) is 10.4 Å². The summed E-state index contributed by atoms with van der Waals surface area (Å²) in [7, 11) is 1.62. The number of anilines is 1. The Morgan fingerprint density at radius 1 is 1.15 bits per heavy atom. The Labute approximate surface area is 151 Å². The molecule has 1 fully saturated rings. The van der Waals surface area contributed by atoms with E-state index in [0.29, 0.717) is 5.82 Å². The zero-order chi connectivity index (χ0) is 18.1. The van der Waals surface area contributed by atoms with Crippen LogP contribution in [0.25, 0.3) is 10.9 Å². The minimum Gasteiger partial charge on any atom is -0.497 e. The summed E-state index contributed by atoms with van der Waals surface area (Å²) in [6.07, 6.45) is -0.730. The third-order valence-corrected chi connectivity index (χ3v) is 4.43. The fourth-order valence-corrected chi connectivity index (χ4v) is 2.97. The molecule has 132 valence electrons. The number of amides is 1. The van der Waals surface area contributed by atoms with Gasteiger partial charge in [-0.05, 0) is 42.3 Å². The molecule has 26 heavy (non-hydrogen) atoms. The van der Waals surface area contributed by atoms with Gasteiger partial charge in [0, 0.05) is 5.39 Å². The standard InChI is InChI=1S/C20H19N3O3/c1-12-11-17(21-16-6-4-3-5-15(12)16)22-23-20(24)19-18(26-19)13-7-9-14(25-2)10-8-13/h3-11,18-19H,1-2H3,(H,21,22)(H,23,24)/t18-,19+/m0/s1. The Hall–Kier alpha value is -3.12. The highest BCUT2D eigenvalue weighted by Gasteiger charge is 2.46. The smallest absolute Gasteiger partial charge is 0.270 e. The number of ether oxygens (including phenoxy) is 2. The van der Waals surface area contributed by atoms with Gasteiger partial charge in [-0.25, -0.2) is 4.98 Å². The second kappa shape index (κ2) is 6.65. The van der Waals surface area contributed by atoms with Crippen molar-refractivity contribution in [3.8, 4) is 5.75 Å². The Kier molecular flexibility index (Phi) is 4.18. The largest absolute Gasteiger partial charge is 0.497 e. The number of carbonyl (C=O) groups excluding carboxylic acids is 1. The Morgan fingerprint density at radius 3 is 2.69 bits per heavy atom. The van der Waals surface area contributed by atoms with Crippen molar-refractivity contribution in [2.45, 2.75) is 19.1 Å². The molecule has 3 aromatic rings. The minimum atomic E-state index is -0.502. The molecular weight excluding hydrogens is 330 g/mol. The van der Waals surface area contributed by atoms with Crippen molar-refractivity contribution in [1.29, 1.82) is 0 Å². The van der Waals surface area contributed by atoms with Crippen LogP contribution in [0.1, 0.15) is 17.2 Å². The molecule has 6 heteroatoms. The highest BCUT2D eigenvalue weighted by Crippen LogP contribution is 2.39. The van der Waals surface area contributed by atoms with E-state index in [1.54, 1.807) is 7.11 Å². The average Bonchev–Trinajstić information content (AvgIpc) is 3.47. The van der Waals surface area contributed by atoms with Crippen LogP contribution in [0.5, 0.6) is 5.75 Å². The van der Waals surface area contributed by atoms with Crippen LogP contribution in [-0.4, -0.2) is 24.1 Å². The fraction of sp³-hybridized carbons (Fsp3) is 0.200. The lowest BCUT2D eigenvalue weighted by Gasteiger charge is -2.09. The molecule has 0 spiro atoms. The predicted molar refractivity (Wildman–Crippen MR) is 98.9 cm³/mol. The van der Waals surface area contributed by atoms with E-state index in [-0.39, 0.29) is 12.0 Å². The summed E-state index contributed by atoms with van der Waals surface area (Å²) < 4.78 is 10.6. The molecular formula is C20H19N3O3. The maximum Gasteiger partial charge on any atom is 0.270 e. The normalized spacial score (nSPS) is 18.4. The van der Waals surface area contributed by atoms with Crippen LogP contribution in [0.4, 0.5) is 5.82 Å². The second-order valence-corrected chi connectivity index (χ2v) is 6.21. The quantitative estimate of drug-likeness (QED) is 0.547. The number of benzene rings is 2. The maximum absolute atomic E-state index is 12.3. The Balaban J connectivity index is 1.39. The predicted octanol–water partition coefficient (Wildman–Crippen LogP) is 3.14. The van der Waals surface area contributed by atoms with Crippen LogP contribution in [0.3, 0.4) is 0 Å². The molecule has 2 atom stereocenters. The van der Waals surface area contributed by atoms with E-state index >= 15 is 0 Å². The molecule has 0 bridgehead atoms. The maximum atomic E-state index is 12.3. The molecule has 0 radical (unpaired) electrons. The molecule has 0 saturated carbocycles. The van der Waals surface area contributed by atoms with Crippen molar-refractivity contribution in [3.63, 3.8) is 0 Å². The van der Waals surface area contributed by atoms with Crippen LogP contribution in [0, 0.1) is 6.92 Å². The first-order valence-corrected chi connectivity index (χ1v) is 8.37. The number of para-hydroxylation sites is 1. The number of aryl methyl sites for hydroxylation is 1. The molecule has 1 saturated heterocycles. The molecule has 1 amide bonds. The van der Waals surface area contributed by atoms with Gasteiger partial charge in [-0.3, -0.25) is 15.6 Å². The summed E-state index contributed by atoms with van der Waals surface area (Å²) in [5, 5.41) is 1.09. The number of rotatable bonds is 5. The van der Waals surface area contributed by atoms with Gasteiger partial charge in [-0.15, -0.1) is 0 Å². The van der Waals surface area contributed by atoms with Gasteiger partial charge in [0.25, 0.3) is 5.91 Å². The summed E-state index contributed by atoms with van der Waals surface area (Å²) in [5.74, 6) is 1.14. The molecule has 2 aromatic carbocycles. The molecule has 2 heterocycles. The number of hydrogen-bond donors (Lipinski definition) is 2. The molecule has 0 unspecified atom stereocenters. The summed E-state index contributed by atoms with van der Waals surface area (Å²) in [6.45, 7) is 2.01. The summed E-state index contributed by atoms with van der Waals surface area (Å²) >= 11 is 0. The van der Waals surface area contributed by atoms with Gasteiger partial charge in [0.1, 0.15) is 17.7 Å². The summed E-state index contributed by atoms with van der Waals surface area (Å²) in [6, 6.07) is 17.3. The molecule has 1 aromatic heterocycles. The van der Waals surface area contributed by atoms with E-state index in [0.717, 1.165) is 27.8 Å². The zero-order valence-electron chi connectivity index (χ0n) is 14.5. The molecule has 6 nitrogen and oxygen atoms in total. The third kappa shape index (κ3) is 3.19. The van der Waals surface area contributed by atoms with Crippen molar-refractivity contribution in [3.05, 3.63) is 65.7 Å². The number of methoxy groups -OCH3 is 1. The summed E-state index contributed by atoms with van der Waals surface area (Å²) in [4.78, 5) is 16.8. The van der Waals surface area contributed by atoms with Gasteiger partial charge < -0.3 is 9.47 Å². The van der Waals surface area contributed by atoms with Crippen LogP contribution >= 0.6 is 0 Å². The number of fused-ring (bicyclic) bond motifs is 1. The van der Waals surface area contributed by atoms with E-state index in [4.69, 9.17) is 9.47 Å². The van der Waals surface area contributed by atoms with E-state index in [9.17, 15) is 4.79 Å². The Morgan fingerprint density at radius 2 is 1.92 bits per heavy atom. The SMILES string of the molecule is COc1ccc([C@@H]2O[C@H]2C(=O)NNc2cc(C)c3ccccc3n2)cc1. The number of pyridine rings is 1. The highest BCUT2D eigenvalue weighted by molar-refractivity contribution is 5.86. The molecule has 0 aliphatic carbocycles. The van der Waals surface area contributed by atoms with E-state index < -0.39 is 6.10 Å². The molecule has 2 N–H and O–H groups in total. The first kappa shape index (κ1) is 16.4. The van der Waals surface area contributed by atoms with Crippen LogP contribution < -0.4 is 15.6 Å². The molecule has 1 aliphatic rings. The first-order valence-electron chi connectivity index (χ1n) is 8.37. The van der Waals surface area contributed by atoms with E-state index in [1.807, 2.05) is 61.5 Å². The zero-order valence-corrected chi connectivity index (χ0v) is 14.5. The lowest BCUT2D eigenvalue weighted by molar-refractivity contribution is -0.121. The molecule has 1 aliphatic heterocycles. The number of epoxide rings is 1. The van der Waals surface area contributed by atoms with Crippen LogP contribution in [0.2, 0.25) is 0 Å². The first-order chi connectivity index (χ1) is 12.7. The van der Waals surface area contributed by atoms with Crippen LogP contribution in [0.15, 0.2) is 54.6 Å². The third-order valence-electron chi connectivity index (χ3n) is 4.43. The Bertz CT molecular complexity index is 956. The van der Waals surface area contributed by atoms with E-state index in [1.165, 1.54) is 0 Å². The van der Waals surface area contributed by atoms with Crippen LogP contribution in [-0.2, 0) is 9.53 Å².